The monoisotopic (exact) mass is 170 g/mol. The van der Waals surface area contributed by atoms with Crippen LogP contribution in [0.1, 0.15) is 14.9 Å². The minimum Gasteiger partial charge on any atom is -0.285 e. The summed E-state index contributed by atoms with van der Waals surface area (Å²) in [5.74, 6) is 0. The van der Waals surface area contributed by atoms with Gasteiger partial charge in [0.1, 0.15) is 0 Å². The van der Waals surface area contributed by atoms with Crippen molar-refractivity contribution in [1.82, 2.24) is 0 Å². The van der Waals surface area contributed by atoms with Crippen LogP contribution in [0.2, 0.25) is 0 Å². The first-order valence-electron chi connectivity index (χ1n) is 2.48. The van der Waals surface area contributed by atoms with Crippen LogP contribution in [0.4, 0.5) is 0 Å². The van der Waals surface area contributed by atoms with Gasteiger partial charge in [-0.1, -0.05) is 14.9 Å². The summed E-state index contributed by atoms with van der Waals surface area (Å²) in [6, 6.07) is 1.60. The van der Waals surface area contributed by atoms with E-state index in [4.69, 9.17) is 0 Å². The van der Waals surface area contributed by atoms with Gasteiger partial charge in [0.25, 0.3) is 10.9 Å². The Balaban J connectivity index is 0. The molecule has 66 valence electrons. The summed E-state index contributed by atoms with van der Waals surface area (Å²) in [5.41, 5.74) is -4.34. The summed E-state index contributed by atoms with van der Waals surface area (Å²) < 4.78 is 0. The smallest absolute Gasteiger partial charge is 0.276 e. The fourth-order valence-corrected chi connectivity index (χ4v) is 0.527. The number of hydrogen-bond acceptors (Lipinski definition) is 4. The zero-order valence-corrected chi connectivity index (χ0v) is 4.79. The van der Waals surface area contributed by atoms with Crippen molar-refractivity contribution in [3.63, 3.8) is 0 Å². The maximum absolute atomic E-state index is 10.4. The van der Waals surface area contributed by atoms with Crippen LogP contribution >= 0.6 is 0 Å². The number of hydrogen-bond donors (Lipinski definition) is 0. The van der Waals surface area contributed by atoms with E-state index in [-0.39, 0.29) is 14.9 Å². The summed E-state index contributed by atoms with van der Waals surface area (Å²) in [6.45, 7) is 0. The summed E-state index contributed by atoms with van der Waals surface area (Å²) in [5, 5.41) is 0. The Labute approximate surface area is 68.8 Å². The van der Waals surface area contributed by atoms with Gasteiger partial charge in [-0.2, -0.15) is 0 Å². The molecule has 12 heavy (non-hydrogen) atoms. The molecule has 1 aromatic carbocycles. The number of rotatable bonds is 0. The van der Waals surface area contributed by atoms with Gasteiger partial charge in [-0.15, -0.1) is 0 Å². The standard InChI is InChI=1S/C6H2O4.2CH4/c7-3-1-2-4(8)6(10)5(3)9;;/h1-2H;2*1H4. The van der Waals surface area contributed by atoms with Gasteiger partial charge in [0.2, 0.25) is 10.9 Å². The van der Waals surface area contributed by atoms with Gasteiger partial charge < -0.3 is 0 Å². The van der Waals surface area contributed by atoms with Gasteiger partial charge in [0, 0.05) is 0 Å². The van der Waals surface area contributed by atoms with E-state index < -0.39 is 21.7 Å². The van der Waals surface area contributed by atoms with E-state index in [0.29, 0.717) is 0 Å². The Kier molecular flexibility index (Phi) is 4.71. The van der Waals surface area contributed by atoms with Gasteiger partial charge >= 0.3 is 0 Å². The van der Waals surface area contributed by atoms with E-state index >= 15 is 0 Å². The number of benzene rings is 1. The molecule has 4 nitrogen and oxygen atoms in total. The van der Waals surface area contributed by atoms with Crippen molar-refractivity contribution < 1.29 is 0 Å². The lowest BCUT2D eigenvalue weighted by Crippen LogP contribution is -2.45. The van der Waals surface area contributed by atoms with E-state index in [1.165, 1.54) is 0 Å². The molecular formula is C8H10O4. The zero-order valence-electron chi connectivity index (χ0n) is 4.79. The van der Waals surface area contributed by atoms with E-state index in [9.17, 15) is 19.2 Å². The molecule has 4 heteroatoms. The second kappa shape index (κ2) is 4.33. The van der Waals surface area contributed by atoms with Crippen molar-refractivity contribution in [2.45, 2.75) is 14.9 Å². The van der Waals surface area contributed by atoms with Crippen LogP contribution in [0.15, 0.2) is 31.3 Å². The maximum atomic E-state index is 10.4. The van der Waals surface area contributed by atoms with Gasteiger partial charge in [0.05, 0.1) is 0 Å². The van der Waals surface area contributed by atoms with Crippen molar-refractivity contribution in [3.05, 3.63) is 53.0 Å². The molecule has 0 aliphatic carbocycles. The van der Waals surface area contributed by atoms with Gasteiger partial charge in [-0.3, -0.25) is 19.2 Å². The molecule has 0 saturated heterocycles. The highest BCUT2D eigenvalue weighted by molar-refractivity contribution is 5.02. The predicted molar refractivity (Wildman–Crippen MR) is 47.4 cm³/mol. The van der Waals surface area contributed by atoms with Crippen molar-refractivity contribution in [1.29, 1.82) is 0 Å². The highest BCUT2D eigenvalue weighted by atomic mass is 16.2. The predicted octanol–water partition coefficient (Wildman–Crippen LogP) is -0.725. The second-order valence-corrected chi connectivity index (χ2v) is 1.72. The summed E-state index contributed by atoms with van der Waals surface area (Å²) in [7, 11) is 0. The second-order valence-electron chi connectivity index (χ2n) is 1.72. The minimum atomic E-state index is -1.24. The molecule has 0 aliphatic rings. The molecule has 0 aromatic heterocycles. The Morgan fingerprint density at radius 1 is 0.667 bits per heavy atom. The Morgan fingerprint density at radius 3 is 1.17 bits per heavy atom. The normalized spacial score (nSPS) is 8.00. The topological polar surface area (TPSA) is 68.3 Å². The molecule has 0 bridgehead atoms. The van der Waals surface area contributed by atoms with Gasteiger partial charge in [-0.05, 0) is 12.1 Å². The maximum Gasteiger partial charge on any atom is 0.276 e. The van der Waals surface area contributed by atoms with Crippen LogP contribution in [-0.4, -0.2) is 0 Å². The van der Waals surface area contributed by atoms with Gasteiger partial charge in [0.15, 0.2) is 0 Å². The molecule has 0 unspecified atom stereocenters. The molecule has 0 atom stereocenters. The fraction of sp³-hybridized carbons (Fsp3) is 0.250. The third kappa shape index (κ3) is 1.95. The average molecular weight is 170 g/mol. The van der Waals surface area contributed by atoms with E-state index in [2.05, 4.69) is 0 Å². The van der Waals surface area contributed by atoms with Crippen LogP contribution in [0.3, 0.4) is 0 Å². The molecule has 0 fully saturated rings. The van der Waals surface area contributed by atoms with Crippen LogP contribution in [0.5, 0.6) is 0 Å². The van der Waals surface area contributed by atoms with E-state index in [1.807, 2.05) is 0 Å². The molecule has 0 aliphatic heterocycles. The van der Waals surface area contributed by atoms with E-state index in [0.717, 1.165) is 12.1 Å². The first-order chi connectivity index (χ1) is 4.63. The quantitative estimate of drug-likeness (QED) is 0.481. The van der Waals surface area contributed by atoms with Crippen LogP contribution in [0.25, 0.3) is 0 Å². The lowest BCUT2D eigenvalue weighted by molar-refractivity contribution is 1.34. The molecule has 0 saturated carbocycles. The summed E-state index contributed by atoms with van der Waals surface area (Å²) in [4.78, 5) is 41.4. The minimum absolute atomic E-state index is 0. The SMILES string of the molecule is C.C.O=c1ccc(=O)c(=O)c1=O. The molecule has 1 rings (SSSR count). The van der Waals surface area contributed by atoms with Crippen molar-refractivity contribution in [2.24, 2.45) is 0 Å². The van der Waals surface area contributed by atoms with Crippen LogP contribution in [-0.2, 0) is 0 Å². The summed E-state index contributed by atoms with van der Waals surface area (Å²) >= 11 is 0. The van der Waals surface area contributed by atoms with Crippen LogP contribution < -0.4 is 21.7 Å². The third-order valence-corrected chi connectivity index (χ3v) is 1.04. The first kappa shape index (κ1) is 13.0. The third-order valence-electron chi connectivity index (χ3n) is 1.04. The Morgan fingerprint density at radius 2 is 0.917 bits per heavy atom. The largest absolute Gasteiger partial charge is 0.285 e. The molecule has 0 spiro atoms. The molecule has 0 N–H and O–H groups in total. The van der Waals surface area contributed by atoms with Crippen molar-refractivity contribution in [3.8, 4) is 0 Å². The highest BCUT2D eigenvalue weighted by Gasteiger charge is 2.00. The van der Waals surface area contributed by atoms with Gasteiger partial charge in [-0.25, -0.2) is 0 Å². The highest BCUT2D eigenvalue weighted by Crippen LogP contribution is 1.49. The molecule has 1 aromatic rings. The zero-order chi connectivity index (χ0) is 7.72. The Hall–Kier alpha value is -1.58. The average Bonchev–Trinajstić information content (AvgIpc) is 1.93. The van der Waals surface area contributed by atoms with E-state index in [1.54, 1.807) is 0 Å². The van der Waals surface area contributed by atoms with Crippen molar-refractivity contribution >= 4 is 0 Å². The van der Waals surface area contributed by atoms with Crippen molar-refractivity contribution in [2.75, 3.05) is 0 Å². The molecular weight excluding hydrogens is 160 g/mol. The fourth-order valence-electron chi connectivity index (χ4n) is 0.527. The summed E-state index contributed by atoms with van der Waals surface area (Å²) in [6.07, 6.45) is 0. The molecule has 0 amide bonds. The molecule has 0 radical (unpaired) electrons. The lowest BCUT2D eigenvalue weighted by Gasteiger charge is -1.70. The lowest BCUT2D eigenvalue weighted by atomic mass is 10.3. The molecule has 0 heterocycles. The van der Waals surface area contributed by atoms with Crippen LogP contribution in [0, 0.1) is 0 Å². The first-order valence-corrected chi connectivity index (χ1v) is 2.48. The Bertz CT molecular complexity index is 394.